The van der Waals surface area contributed by atoms with E-state index in [0.29, 0.717) is 22.9 Å². The van der Waals surface area contributed by atoms with Crippen molar-refractivity contribution in [3.8, 4) is 11.5 Å². The molecule has 3 nitrogen and oxygen atoms in total. The van der Waals surface area contributed by atoms with Gasteiger partial charge in [-0.25, -0.2) is 0 Å². The summed E-state index contributed by atoms with van der Waals surface area (Å²) in [7, 11) is 1.61. The normalized spacial score (nSPS) is 10.0. The number of para-hydroxylation sites is 1. The molecule has 0 unspecified atom stereocenters. The highest BCUT2D eigenvalue weighted by molar-refractivity contribution is 6.32. The molecule has 0 heterocycles. The number of aldehydes is 1. The van der Waals surface area contributed by atoms with E-state index in [1.54, 1.807) is 25.3 Å². The number of carbonyl (C=O) groups excluding carboxylic acids is 1. The van der Waals surface area contributed by atoms with E-state index in [9.17, 15) is 4.79 Å². The molecule has 0 amide bonds. The average molecular weight is 277 g/mol. The van der Waals surface area contributed by atoms with Gasteiger partial charge in [0.25, 0.3) is 0 Å². The third kappa shape index (κ3) is 3.26. The summed E-state index contributed by atoms with van der Waals surface area (Å²) < 4.78 is 10.8. The molecule has 4 heteroatoms. The van der Waals surface area contributed by atoms with Crippen molar-refractivity contribution in [2.45, 2.75) is 6.61 Å². The van der Waals surface area contributed by atoms with E-state index < -0.39 is 0 Å². The van der Waals surface area contributed by atoms with Crippen LogP contribution in [0.3, 0.4) is 0 Å². The SMILES string of the molecule is COc1cccc(COc2c(Cl)cccc2C=O)c1. The predicted molar refractivity (Wildman–Crippen MR) is 74.2 cm³/mol. The van der Waals surface area contributed by atoms with Gasteiger partial charge in [0.2, 0.25) is 0 Å². The van der Waals surface area contributed by atoms with Crippen molar-refractivity contribution < 1.29 is 14.3 Å². The lowest BCUT2D eigenvalue weighted by atomic mass is 10.2. The molecule has 0 saturated carbocycles. The van der Waals surface area contributed by atoms with Crippen molar-refractivity contribution in [2.75, 3.05) is 7.11 Å². The van der Waals surface area contributed by atoms with E-state index >= 15 is 0 Å². The summed E-state index contributed by atoms with van der Waals surface area (Å²) in [6.45, 7) is 0.321. The van der Waals surface area contributed by atoms with Crippen molar-refractivity contribution in [1.29, 1.82) is 0 Å². The summed E-state index contributed by atoms with van der Waals surface area (Å²) in [6.07, 6.45) is 0.729. The van der Waals surface area contributed by atoms with Gasteiger partial charge in [0, 0.05) is 0 Å². The first-order chi connectivity index (χ1) is 9.24. The minimum Gasteiger partial charge on any atom is -0.497 e. The first-order valence-electron chi connectivity index (χ1n) is 5.74. The largest absolute Gasteiger partial charge is 0.497 e. The third-order valence-electron chi connectivity index (χ3n) is 2.64. The minimum atomic E-state index is 0.321. The quantitative estimate of drug-likeness (QED) is 0.781. The highest BCUT2D eigenvalue weighted by Gasteiger charge is 2.08. The van der Waals surface area contributed by atoms with Crippen LogP contribution in [0.5, 0.6) is 11.5 Å². The maximum Gasteiger partial charge on any atom is 0.153 e. The van der Waals surface area contributed by atoms with Crippen molar-refractivity contribution >= 4 is 17.9 Å². The first-order valence-corrected chi connectivity index (χ1v) is 6.12. The maximum absolute atomic E-state index is 10.9. The molecule has 0 radical (unpaired) electrons. The second-order valence-electron chi connectivity index (χ2n) is 3.92. The van der Waals surface area contributed by atoms with Crippen LogP contribution in [0, 0.1) is 0 Å². The predicted octanol–water partition coefficient (Wildman–Crippen LogP) is 3.74. The minimum absolute atomic E-state index is 0.321. The Kier molecular flexibility index (Phi) is 4.42. The highest BCUT2D eigenvalue weighted by atomic mass is 35.5. The molecule has 0 atom stereocenters. The van der Waals surface area contributed by atoms with E-state index in [1.807, 2.05) is 24.3 Å². The van der Waals surface area contributed by atoms with Crippen LogP contribution in [-0.4, -0.2) is 13.4 Å². The van der Waals surface area contributed by atoms with E-state index in [4.69, 9.17) is 21.1 Å². The van der Waals surface area contributed by atoms with Gasteiger partial charge in [0.1, 0.15) is 18.1 Å². The molecule has 2 rings (SSSR count). The Bertz CT molecular complexity index is 581. The molecular formula is C15H13ClO3. The van der Waals surface area contributed by atoms with Crippen LogP contribution in [0.2, 0.25) is 5.02 Å². The second kappa shape index (κ2) is 6.25. The van der Waals surface area contributed by atoms with Crippen molar-refractivity contribution in [3.05, 3.63) is 58.6 Å². The Morgan fingerprint density at radius 3 is 2.74 bits per heavy atom. The molecule has 0 saturated heterocycles. The molecule has 2 aromatic carbocycles. The van der Waals surface area contributed by atoms with E-state index in [2.05, 4.69) is 0 Å². The number of rotatable bonds is 5. The molecule has 0 bridgehead atoms. The Balaban J connectivity index is 2.16. The number of benzene rings is 2. The zero-order valence-electron chi connectivity index (χ0n) is 10.4. The number of ether oxygens (including phenoxy) is 2. The molecular weight excluding hydrogens is 264 g/mol. The first kappa shape index (κ1) is 13.4. The molecule has 0 aliphatic carbocycles. The van der Waals surface area contributed by atoms with Crippen LogP contribution >= 0.6 is 11.6 Å². The lowest BCUT2D eigenvalue weighted by Gasteiger charge is -2.10. The number of halogens is 1. The van der Waals surface area contributed by atoms with Gasteiger partial charge in [-0.15, -0.1) is 0 Å². The van der Waals surface area contributed by atoms with Crippen LogP contribution in [0.4, 0.5) is 0 Å². The summed E-state index contributed by atoms with van der Waals surface area (Å²) in [6, 6.07) is 12.6. The molecule has 19 heavy (non-hydrogen) atoms. The number of hydrogen-bond donors (Lipinski definition) is 0. The maximum atomic E-state index is 10.9. The fourth-order valence-electron chi connectivity index (χ4n) is 1.69. The van der Waals surface area contributed by atoms with Gasteiger partial charge >= 0.3 is 0 Å². The number of carbonyl (C=O) groups is 1. The Morgan fingerprint density at radius 1 is 1.21 bits per heavy atom. The summed E-state index contributed by atoms with van der Waals surface area (Å²) in [5.41, 5.74) is 1.38. The lowest BCUT2D eigenvalue weighted by Crippen LogP contribution is -1.99. The van der Waals surface area contributed by atoms with Crippen molar-refractivity contribution in [3.63, 3.8) is 0 Å². The van der Waals surface area contributed by atoms with E-state index in [1.165, 1.54) is 0 Å². The summed E-state index contributed by atoms with van der Waals surface area (Å²) in [5.74, 6) is 1.16. The molecule has 0 N–H and O–H groups in total. The van der Waals surface area contributed by atoms with Crippen molar-refractivity contribution in [2.24, 2.45) is 0 Å². The molecule has 0 aliphatic heterocycles. The molecule has 0 spiro atoms. The monoisotopic (exact) mass is 276 g/mol. The summed E-state index contributed by atoms with van der Waals surface area (Å²) >= 11 is 6.02. The number of hydrogen-bond acceptors (Lipinski definition) is 3. The smallest absolute Gasteiger partial charge is 0.153 e. The van der Waals surface area contributed by atoms with Gasteiger partial charge in [0.05, 0.1) is 17.7 Å². The fourth-order valence-corrected chi connectivity index (χ4v) is 1.92. The van der Waals surface area contributed by atoms with Gasteiger partial charge in [-0.3, -0.25) is 4.79 Å². The van der Waals surface area contributed by atoms with Gasteiger partial charge in [-0.1, -0.05) is 29.8 Å². The summed E-state index contributed by atoms with van der Waals surface area (Å²) in [4.78, 5) is 10.9. The van der Waals surface area contributed by atoms with Gasteiger partial charge in [-0.05, 0) is 29.8 Å². The highest BCUT2D eigenvalue weighted by Crippen LogP contribution is 2.28. The van der Waals surface area contributed by atoms with Gasteiger partial charge < -0.3 is 9.47 Å². The molecule has 0 aliphatic rings. The fraction of sp³-hybridized carbons (Fsp3) is 0.133. The summed E-state index contributed by atoms with van der Waals surface area (Å²) in [5, 5.41) is 0.424. The Morgan fingerprint density at radius 2 is 2.00 bits per heavy atom. The number of methoxy groups -OCH3 is 1. The van der Waals surface area contributed by atoms with E-state index in [-0.39, 0.29) is 0 Å². The molecule has 0 fully saturated rings. The van der Waals surface area contributed by atoms with Crippen LogP contribution in [0.1, 0.15) is 15.9 Å². The zero-order valence-corrected chi connectivity index (χ0v) is 11.2. The average Bonchev–Trinajstić information content (AvgIpc) is 2.46. The Hall–Kier alpha value is -2.00. The lowest BCUT2D eigenvalue weighted by molar-refractivity contribution is 0.111. The third-order valence-corrected chi connectivity index (χ3v) is 2.94. The van der Waals surface area contributed by atoms with Crippen LogP contribution < -0.4 is 9.47 Å². The molecule has 0 aromatic heterocycles. The van der Waals surface area contributed by atoms with Crippen LogP contribution in [0.25, 0.3) is 0 Å². The van der Waals surface area contributed by atoms with Gasteiger partial charge in [0.15, 0.2) is 6.29 Å². The van der Waals surface area contributed by atoms with Crippen molar-refractivity contribution in [1.82, 2.24) is 0 Å². The standard InChI is InChI=1S/C15H13ClO3/c1-18-13-6-2-4-11(8-13)10-19-15-12(9-17)5-3-7-14(15)16/h2-9H,10H2,1H3. The topological polar surface area (TPSA) is 35.5 Å². The van der Waals surface area contributed by atoms with Gasteiger partial charge in [-0.2, -0.15) is 0 Å². The molecule has 2 aromatic rings. The van der Waals surface area contributed by atoms with Crippen LogP contribution in [-0.2, 0) is 6.61 Å². The van der Waals surface area contributed by atoms with E-state index in [0.717, 1.165) is 17.6 Å². The second-order valence-corrected chi connectivity index (χ2v) is 4.32. The zero-order chi connectivity index (χ0) is 13.7. The Labute approximate surface area is 116 Å². The van der Waals surface area contributed by atoms with Crippen LogP contribution in [0.15, 0.2) is 42.5 Å². The molecule has 98 valence electrons.